The van der Waals surface area contributed by atoms with Crippen molar-refractivity contribution in [3.05, 3.63) is 71.3 Å². The summed E-state index contributed by atoms with van der Waals surface area (Å²) in [5.41, 5.74) is 2.06. The molecule has 3 aliphatic rings. The van der Waals surface area contributed by atoms with E-state index in [2.05, 4.69) is 6.92 Å². The van der Waals surface area contributed by atoms with Crippen LogP contribution in [0.3, 0.4) is 0 Å². The number of carbonyl (C=O) groups is 2. The molecule has 30 heavy (non-hydrogen) atoms. The monoisotopic (exact) mass is 427 g/mol. The molecule has 0 saturated carbocycles. The fourth-order valence-corrected chi connectivity index (χ4v) is 5.83. The van der Waals surface area contributed by atoms with E-state index in [1.54, 1.807) is 12.2 Å². The molecule has 6 nitrogen and oxygen atoms in total. The minimum atomic E-state index is -3.19. The van der Waals surface area contributed by atoms with E-state index in [-0.39, 0.29) is 29.5 Å². The lowest BCUT2D eigenvalue weighted by Gasteiger charge is -2.32. The van der Waals surface area contributed by atoms with Crippen LogP contribution in [0.15, 0.2) is 60.2 Å². The maximum atomic E-state index is 13.4. The van der Waals surface area contributed by atoms with Gasteiger partial charge in [-0.1, -0.05) is 55.5 Å². The molecule has 0 unspecified atom stereocenters. The molecule has 4 rings (SSSR count). The van der Waals surface area contributed by atoms with Gasteiger partial charge >= 0.3 is 5.97 Å². The van der Waals surface area contributed by atoms with Crippen molar-refractivity contribution >= 4 is 21.7 Å². The van der Waals surface area contributed by atoms with Gasteiger partial charge in [-0.05, 0) is 30.0 Å². The Morgan fingerprint density at radius 2 is 1.83 bits per heavy atom. The number of esters is 1. The fourth-order valence-electron chi connectivity index (χ4n) is 4.10. The topological polar surface area (TPSA) is 80.8 Å². The molecule has 1 aromatic rings. The Morgan fingerprint density at radius 3 is 2.50 bits per heavy atom. The van der Waals surface area contributed by atoms with Crippen molar-refractivity contribution in [2.75, 3.05) is 11.5 Å². The third-order valence-corrected chi connectivity index (χ3v) is 7.62. The van der Waals surface area contributed by atoms with Crippen LogP contribution in [0.4, 0.5) is 0 Å². The van der Waals surface area contributed by atoms with E-state index in [0.29, 0.717) is 6.42 Å². The summed E-state index contributed by atoms with van der Waals surface area (Å²) in [5, 5.41) is 0. The lowest BCUT2D eigenvalue weighted by molar-refractivity contribution is -0.148. The molecule has 0 spiro atoms. The van der Waals surface area contributed by atoms with E-state index in [9.17, 15) is 18.0 Å². The van der Waals surface area contributed by atoms with Crippen LogP contribution >= 0.6 is 0 Å². The first-order valence-electron chi connectivity index (χ1n) is 10.2. The number of amides is 1. The Labute approximate surface area is 176 Å². The van der Waals surface area contributed by atoms with E-state index in [0.717, 1.165) is 12.0 Å². The fraction of sp³-hybridized carbons (Fsp3) is 0.391. The van der Waals surface area contributed by atoms with Crippen molar-refractivity contribution in [2.45, 2.75) is 38.5 Å². The van der Waals surface area contributed by atoms with Gasteiger partial charge in [-0.2, -0.15) is 0 Å². The van der Waals surface area contributed by atoms with E-state index in [4.69, 9.17) is 4.74 Å². The third kappa shape index (κ3) is 4.26. The third-order valence-electron chi connectivity index (χ3n) is 5.87. The number of aryl methyl sites for hydroxylation is 1. The molecule has 158 valence electrons. The van der Waals surface area contributed by atoms with Gasteiger partial charge in [-0.15, -0.1) is 0 Å². The number of rotatable bonds is 5. The van der Waals surface area contributed by atoms with Crippen molar-refractivity contribution in [3.63, 3.8) is 0 Å². The summed E-state index contributed by atoms with van der Waals surface area (Å²) in [6.07, 6.45) is 9.87. The highest BCUT2D eigenvalue weighted by molar-refractivity contribution is 7.91. The Hall–Kier alpha value is -2.67. The van der Waals surface area contributed by atoms with Crippen LogP contribution < -0.4 is 0 Å². The number of hydrogen-bond donors (Lipinski definition) is 0. The van der Waals surface area contributed by atoms with Crippen LogP contribution in [0.1, 0.15) is 24.5 Å². The predicted molar refractivity (Wildman–Crippen MR) is 113 cm³/mol. The number of fused-ring (bicyclic) bond motifs is 1. The molecule has 1 fully saturated rings. The number of nitrogens with zero attached hydrogens (tertiary/aromatic N) is 1. The zero-order chi connectivity index (χ0) is 21.3. The molecule has 3 atom stereocenters. The molecule has 1 saturated heterocycles. The van der Waals surface area contributed by atoms with Crippen LogP contribution in [-0.4, -0.2) is 48.8 Å². The van der Waals surface area contributed by atoms with Gasteiger partial charge < -0.3 is 9.64 Å². The predicted octanol–water partition coefficient (Wildman–Crippen LogP) is 2.36. The highest BCUT2D eigenvalue weighted by Gasteiger charge is 2.40. The lowest BCUT2D eigenvalue weighted by atomic mass is 9.92. The largest absolute Gasteiger partial charge is 0.453 e. The van der Waals surface area contributed by atoms with Crippen molar-refractivity contribution in [1.82, 2.24) is 4.90 Å². The number of allylic oxidation sites excluding steroid dienone is 2. The van der Waals surface area contributed by atoms with E-state index < -0.39 is 33.9 Å². The second-order valence-electron chi connectivity index (χ2n) is 7.96. The van der Waals surface area contributed by atoms with E-state index >= 15 is 0 Å². The molecule has 2 aliphatic heterocycles. The number of benzene rings is 1. The SMILES string of the molecule is CCc1ccc(CN(C(=O)C2=C[C@@H]3C=CC=C[C@@H]3OC2=O)[C@H]2CCS(=O)(=O)C2)cc1. The number of hydrogen-bond acceptors (Lipinski definition) is 5. The zero-order valence-electron chi connectivity index (χ0n) is 16.9. The van der Waals surface area contributed by atoms with E-state index in [1.165, 1.54) is 10.5 Å². The van der Waals surface area contributed by atoms with Crippen LogP contribution in [0.5, 0.6) is 0 Å². The minimum absolute atomic E-state index is 0.0225. The summed E-state index contributed by atoms with van der Waals surface area (Å²) in [6.45, 7) is 2.31. The number of sulfone groups is 1. The molecule has 7 heteroatoms. The molecule has 0 bridgehead atoms. The standard InChI is InChI=1S/C23H25NO5S/c1-2-16-7-9-17(10-8-16)14-24(19-11-12-30(27,28)15-19)22(25)20-13-18-5-3-4-6-21(18)29-23(20)26/h3-10,13,18-19,21H,2,11-12,14-15H2,1H3/t18-,19-,21-/m0/s1. The Morgan fingerprint density at radius 1 is 1.13 bits per heavy atom. The highest BCUT2D eigenvalue weighted by atomic mass is 32.2. The molecule has 0 N–H and O–H groups in total. The molecule has 1 aliphatic carbocycles. The average Bonchev–Trinajstić information content (AvgIpc) is 3.10. The van der Waals surface area contributed by atoms with Crippen molar-refractivity contribution < 1.29 is 22.7 Å². The molecule has 0 aromatic heterocycles. The highest BCUT2D eigenvalue weighted by Crippen LogP contribution is 2.28. The van der Waals surface area contributed by atoms with Gasteiger partial charge in [0.15, 0.2) is 9.84 Å². The van der Waals surface area contributed by atoms with Crippen LogP contribution in [-0.2, 0) is 37.1 Å². The van der Waals surface area contributed by atoms with Crippen molar-refractivity contribution in [1.29, 1.82) is 0 Å². The molecule has 0 radical (unpaired) electrons. The first kappa shape index (κ1) is 20.6. The molecular formula is C23H25NO5S. The molecule has 1 aromatic carbocycles. The molecule has 2 heterocycles. The second-order valence-corrected chi connectivity index (χ2v) is 10.2. The second kappa shape index (κ2) is 8.22. The Kier molecular flexibility index (Phi) is 5.64. The van der Waals surface area contributed by atoms with Gasteiger partial charge in [-0.25, -0.2) is 13.2 Å². The number of carbonyl (C=O) groups excluding carboxylic acids is 2. The lowest BCUT2D eigenvalue weighted by Crippen LogP contribution is -2.44. The van der Waals surface area contributed by atoms with E-state index in [1.807, 2.05) is 42.5 Å². The van der Waals surface area contributed by atoms with Gasteiger partial charge in [0.1, 0.15) is 11.7 Å². The van der Waals surface area contributed by atoms with Crippen LogP contribution in [0.25, 0.3) is 0 Å². The Bertz CT molecular complexity index is 1040. The summed E-state index contributed by atoms with van der Waals surface area (Å²) >= 11 is 0. The summed E-state index contributed by atoms with van der Waals surface area (Å²) in [6, 6.07) is 7.44. The zero-order valence-corrected chi connectivity index (χ0v) is 17.7. The summed E-state index contributed by atoms with van der Waals surface area (Å²) in [4.78, 5) is 27.5. The maximum Gasteiger partial charge on any atom is 0.344 e. The molecule has 1 amide bonds. The van der Waals surface area contributed by atoms with Crippen LogP contribution in [0.2, 0.25) is 0 Å². The quantitative estimate of drug-likeness (QED) is 0.532. The van der Waals surface area contributed by atoms with Gasteiger partial charge in [0, 0.05) is 18.5 Å². The average molecular weight is 428 g/mol. The summed E-state index contributed by atoms with van der Waals surface area (Å²) in [5.74, 6) is -1.35. The maximum absolute atomic E-state index is 13.4. The van der Waals surface area contributed by atoms with Gasteiger partial charge in [0.2, 0.25) is 0 Å². The Balaban J connectivity index is 1.63. The van der Waals surface area contributed by atoms with Crippen LogP contribution in [0, 0.1) is 5.92 Å². The summed E-state index contributed by atoms with van der Waals surface area (Å²) in [7, 11) is -3.19. The van der Waals surface area contributed by atoms with Gasteiger partial charge in [0.05, 0.1) is 11.5 Å². The number of ether oxygens (including phenoxy) is 1. The van der Waals surface area contributed by atoms with Gasteiger partial charge in [0.25, 0.3) is 5.91 Å². The van der Waals surface area contributed by atoms with Crippen molar-refractivity contribution in [2.24, 2.45) is 5.92 Å². The smallest absolute Gasteiger partial charge is 0.344 e. The normalized spacial score (nSPS) is 26.6. The first-order valence-corrected chi connectivity index (χ1v) is 12.1. The minimum Gasteiger partial charge on any atom is -0.453 e. The molecular weight excluding hydrogens is 402 g/mol. The van der Waals surface area contributed by atoms with Crippen molar-refractivity contribution in [3.8, 4) is 0 Å². The first-order chi connectivity index (χ1) is 14.4. The summed E-state index contributed by atoms with van der Waals surface area (Å²) < 4.78 is 29.6. The van der Waals surface area contributed by atoms with Gasteiger partial charge in [-0.3, -0.25) is 4.79 Å².